The smallest absolute Gasteiger partial charge is 0.251 e. The maximum Gasteiger partial charge on any atom is 0.251 e. The van der Waals surface area contributed by atoms with Crippen molar-refractivity contribution >= 4 is 38.9 Å². The highest BCUT2D eigenvalue weighted by atomic mass is 35.5. The second-order valence-electron chi connectivity index (χ2n) is 7.29. The molecule has 1 aliphatic rings. The largest absolute Gasteiger partial charge is 0.368 e. The van der Waals surface area contributed by atoms with E-state index in [0.29, 0.717) is 42.3 Å². The number of nitrogens with zero attached hydrogens (tertiary/aromatic N) is 2. The minimum Gasteiger partial charge on any atom is -0.368 e. The van der Waals surface area contributed by atoms with Gasteiger partial charge in [-0.25, -0.2) is 8.42 Å². The van der Waals surface area contributed by atoms with E-state index in [-0.39, 0.29) is 24.1 Å². The van der Waals surface area contributed by atoms with Crippen molar-refractivity contribution < 1.29 is 18.0 Å². The summed E-state index contributed by atoms with van der Waals surface area (Å²) in [5.41, 5.74) is 2.07. The zero-order valence-corrected chi connectivity index (χ0v) is 18.2. The van der Waals surface area contributed by atoms with Crippen molar-refractivity contribution in [3.8, 4) is 0 Å². The highest BCUT2D eigenvalue weighted by Crippen LogP contribution is 2.19. The first-order valence-electron chi connectivity index (χ1n) is 9.54. The second-order valence-corrected chi connectivity index (χ2v) is 9.87. The Morgan fingerprint density at radius 1 is 0.967 bits per heavy atom. The van der Waals surface area contributed by atoms with Gasteiger partial charge in [0, 0.05) is 48.7 Å². The van der Waals surface area contributed by atoms with Crippen LogP contribution in [0, 0.1) is 0 Å². The molecular formula is C21H24ClN3O4S. The monoisotopic (exact) mass is 449 g/mol. The fourth-order valence-corrected chi connectivity index (χ4v) is 4.21. The van der Waals surface area contributed by atoms with Crippen LogP contribution in [-0.2, 0) is 20.4 Å². The fourth-order valence-electron chi connectivity index (χ4n) is 3.29. The van der Waals surface area contributed by atoms with Gasteiger partial charge in [-0.2, -0.15) is 0 Å². The number of benzene rings is 2. The molecule has 1 saturated heterocycles. The summed E-state index contributed by atoms with van der Waals surface area (Å²) in [6.45, 7) is 2.51. The Labute approximate surface area is 181 Å². The number of piperazine rings is 1. The Morgan fingerprint density at radius 2 is 1.57 bits per heavy atom. The van der Waals surface area contributed by atoms with Gasteiger partial charge < -0.3 is 15.1 Å². The van der Waals surface area contributed by atoms with E-state index in [0.717, 1.165) is 11.9 Å². The average Bonchev–Trinajstić information content (AvgIpc) is 2.72. The number of amides is 2. The molecule has 2 aromatic rings. The van der Waals surface area contributed by atoms with Gasteiger partial charge in [-0.1, -0.05) is 23.7 Å². The number of hydrogen-bond acceptors (Lipinski definition) is 5. The molecule has 30 heavy (non-hydrogen) atoms. The maximum absolute atomic E-state index is 12.4. The van der Waals surface area contributed by atoms with Crippen LogP contribution in [0.2, 0.25) is 5.02 Å². The van der Waals surface area contributed by atoms with Crippen LogP contribution >= 0.6 is 11.6 Å². The highest BCUT2D eigenvalue weighted by molar-refractivity contribution is 7.89. The number of carbonyl (C=O) groups is 2. The van der Waals surface area contributed by atoms with E-state index < -0.39 is 9.84 Å². The van der Waals surface area contributed by atoms with E-state index in [9.17, 15) is 18.0 Å². The second kappa shape index (κ2) is 9.49. The van der Waals surface area contributed by atoms with Gasteiger partial charge in [-0.3, -0.25) is 9.59 Å². The van der Waals surface area contributed by atoms with Crippen molar-refractivity contribution in [3.63, 3.8) is 0 Å². The van der Waals surface area contributed by atoms with Crippen LogP contribution in [0.4, 0.5) is 5.69 Å². The number of hydrogen-bond donors (Lipinski definition) is 1. The van der Waals surface area contributed by atoms with E-state index >= 15 is 0 Å². The molecule has 1 heterocycles. The van der Waals surface area contributed by atoms with E-state index in [4.69, 9.17) is 11.6 Å². The molecule has 0 atom stereocenters. The van der Waals surface area contributed by atoms with Gasteiger partial charge in [0.2, 0.25) is 5.91 Å². The van der Waals surface area contributed by atoms with Crippen LogP contribution in [-0.4, -0.2) is 64.1 Å². The van der Waals surface area contributed by atoms with Gasteiger partial charge in [0.1, 0.15) is 0 Å². The third-order valence-electron chi connectivity index (χ3n) is 4.87. The lowest BCUT2D eigenvalue weighted by Gasteiger charge is -2.36. The molecule has 1 N–H and O–H groups in total. The predicted octanol–water partition coefficient (Wildman–Crippen LogP) is 1.96. The van der Waals surface area contributed by atoms with Gasteiger partial charge in [0.25, 0.3) is 5.91 Å². The summed E-state index contributed by atoms with van der Waals surface area (Å²) >= 11 is 5.92. The van der Waals surface area contributed by atoms with Crippen molar-refractivity contribution in [3.05, 3.63) is 64.7 Å². The topological polar surface area (TPSA) is 86.8 Å². The van der Waals surface area contributed by atoms with Crippen LogP contribution in [0.5, 0.6) is 0 Å². The van der Waals surface area contributed by atoms with E-state index in [1.54, 1.807) is 29.2 Å². The molecule has 3 rings (SSSR count). The number of nitrogens with one attached hydrogen (secondary N) is 1. The SMILES string of the molecule is CS(=O)(=O)Cc1ccc(C(=O)NCC(=O)N2CCN(c3ccc(Cl)cc3)CC2)cc1. The molecule has 0 aromatic heterocycles. The van der Waals surface area contributed by atoms with Crippen LogP contribution in [0.15, 0.2) is 48.5 Å². The first kappa shape index (κ1) is 22.1. The molecule has 0 spiro atoms. The minimum absolute atomic E-state index is 0.0740. The van der Waals surface area contributed by atoms with Gasteiger partial charge in [-0.05, 0) is 42.0 Å². The summed E-state index contributed by atoms with van der Waals surface area (Å²) in [6.07, 6.45) is 1.16. The Kier molecular flexibility index (Phi) is 6.99. The van der Waals surface area contributed by atoms with Crippen LogP contribution in [0.1, 0.15) is 15.9 Å². The normalized spacial score (nSPS) is 14.5. The number of sulfone groups is 1. The van der Waals surface area contributed by atoms with Gasteiger partial charge in [0.15, 0.2) is 9.84 Å². The first-order chi connectivity index (χ1) is 14.2. The fraction of sp³-hybridized carbons (Fsp3) is 0.333. The molecule has 1 aliphatic heterocycles. The van der Waals surface area contributed by atoms with E-state index in [1.165, 1.54) is 0 Å². The van der Waals surface area contributed by atoms with Crippen LogP contribution in [0.3, 0.4) is 0 Å². The molecule has 7 nitrogen and oxygen atoms in total. The van der Waals surface area contributed by atoms with Crippen molar-refractivity contribution in [2.45, 2.75) is 5.75 Å². The number of carbonyl (C=O) groups excluding carboxylic acids is 2. The quantitative estimate of drug-likeness (QED) is 0.728. The molecule has 0 bridgehead atoms. The molecule has 0 aliphatic carbocycles. The molecule has 2 amide bonds. The average molecular weight is 450 g/mol. The van der Waals surface area contributed by atoms with Crippen LogP contribution in [0.25, 0.3) is 0 Å². The molecule has 9 heteroatoms. The number of rotatable bonds is 6. The highest BCUT2D eigenvalue weighted by Gasteiger charge is 2.21. The standard InChI is InChI=1S/C21H24ClN3O4S/c1-30(28,29)15-16-2-4-17(5-3-16)21(27)23-14-20(26)25-12-10-24(11-13-25)19-8-6-18(22)7-9-19/h2-9H,10-15H2,1H3,(H,23,27). The van der Waals surface area contributed by atoms with E-state index in [1.807, 2.05) is 24.3 Å². The summed E-state index contributed by atoms with van der Waals surface area (Å²) in [4.78, 5) is 28.6. The zero-order valence-electron chi connectivity index (χ0n) is 16.7. The molecule has 0 unspecified atom stereocenters. The Bertz CT molecular complexity index is 1000. The van der Waals surface area contributed by atoms with Crippen molar-refractivity contribution in [2.75, 3.05) is 43.9 Å². The lowest BCUT2D eigenvalue weighted by atomic mass is 10.1. The third-order valence-corrected chi connectivity index (χ3v) is 5.98. The van der Waals surface area contributed by atoms with Gasteiger partial charge >= 0.3 is 0 Å². The third kappa shape index (κ3) is 6.21. The summed E-state index contributed by atoms with van der Waals surface area (Å²) in [7, 11) is -3.13. The van der Waals surface area contributed by atoms with E-state index in [2.05, 4.69) is 10.2 Å². The van der Waals surface area contributed by atoms with Crippen molar-refractivity contribution in [1.82, 2.24) is 10.2 Å². The molecule has 0 saturated carbocycles. The van der Waals surface area contributed by atoms with Gasteiger partial charge in [0.05, 0.1) is 12.3 Å². The van der Waals surface area contributed by atoms with Crippen molar-refractivity contribution in [1.29, 1.82) is 0 Å². The maximum atomic E-state index is 12.4. The summed E-state index contributed by atoms with van der Waals surface area (Å²) in [6, 6.07) is 13.9. The molecule has 160 valence electrons. The van der Waals surface area contributed by atoms with Crippen LogP contribution < -0.4 is 10.2 Å². The number of halogens is 1. The first-order valence-corrected chi connectivity index (χ1v) is 12.0. The lowest BCUT2D eigenvalue weighted by Crippen LogP contribution is -2.51. The van der Waals surface area contributed by atoms with Gasteiger partial charge in [-0.15, -0.1) is 0 Å². The predicted molar refractivity (Wildman–Crippen MR) is 118 cm³/mol. The molecule has 1 fully saturated rings. The minimum atomic E-state index is -3.13. The van der Waals surface area contributed by atoms with Crippen molar-refractivity contribution in [2.24, 2.45) is 0 Å². The molecule has 2 aromatic carbocycles. The molecule has 0 radical (unpaired) electrons. The Balaban J connectivity index is 1.46. The lowest BCUT2D eigenvalue weighted by molar-refractivity contribution is -0.130. The Hall–Kier alpha value is -2.58. The zero-order chi connectivity index (χ0) is 21.7. The summed E-state index contributed by atoms with van der Waals surface area (Å²) in [5.74, 6) is -0.572. The summed E-state index contributed by atoms with van der Waals surface area (Å²) < 4.78 is 22.7. The summed E-state index contributed by atoms with van der Waals surface area (Å²) in [5, 5.41) is 3.32. The molecular weight excluding hydrogens is 426 g/mol. The Morgan fingerprint density at radius 3 is 2.13 bits per heavy atom. The number of anilines is 1.